The summed E-state index contributed by atoms with van der Waals surface area (Å²) in [5.74, 6) is 0.583. The summed E-state index contributed by atoms with van der Waals surface area (Å²) in [7, 11) is 4.46. The molecular weight excluding hydrogens is 410 g/mol. The molecule has 0 unspecified atom stereocenters. The number of rotatable bonds is 6. The molecule has 2 aromatic carbocycles. The van der Waals surface area contributed by atoms with Crippen LogP contribution in [0.4, 0.5) is 11.4 Å². The average molecular weight is 433 g/mol. The number of nitrogens with one attached hydrogen (secondary N) is 1. The average Bonchev–Trinajstić information content (AvgIpc) is 3.26. The predicted molar refractivity (Wildman–Crippen MR) is 120 cm³/mol. The van der Waals surface area contributed by atoms with Crippen molar-refractivity contribution < 1.29 is 23.8 Å². The Balaban J connectivity index is 1.61. The van der Waals surface area contributed by atoms with Crippen molar-refractivity contribution in [2.45, 2.75) is 6.42 Å². The second kappa shape index (κ2) is 8.97. The lowest BCUT2D eigenvalue weighted by molar-refractivity contribution is 0.0987. The van der Waals surface area contributed by atoms with Gasteiger partial charge in [0.1, 0.15) is 0 Å². The van der Waals surface area contributed by atoms with E-state index in [0.717, 1.165) is 17.7 Å². The van der Waals surface area contributed by atoms with Gasteiger partial charge < -0.3 is 24.4 Å². The van der Waals surface area contributed by atoms with Gasteiger partial charge in [-0.2, -0.15) is 0 Å². The number of fused-ring (bicyclic) bond motifs is 1. The number of hydrogen-bond acceptors (Lipinski definition) is 6. The molecule has 2 heterocycles. The van der Waals surface area contributed by atoms with Gasteiger partial charge in [-0.25, -0.2) is 0 Å². The summed E-state index contributed by atoms with van der Waals surface area (Å²) >= 11 is 0. The van der Waals surface area contributed by atoms with E-state index < -0.39 is 0 Å². The van der Waals surface area contributed by atoms with Gasteiger partial charge in [0.15, 0.2) is 11.5 Å². The number of aromatic nitrogens is 1. The number of nitrogens with zero attached hydrogens (tertiary/aromatic N) is 2. The van der Waals surface area contributed by atoms with E-state index in [4.69, 9.17) is 14.2 Å². The quantitative estimate of drug-likeness (QED) is 0.639. The fourth-order valence-corrected chi connectivity index (χ4v) is 3.79. The van der Waals surface area contributed by atoms with E-state index in [2.05, 4.69) is 10.3 Å². The first-order chi connectivity index (χ1) is 15.6. The fraction of sp³-hybridized carbons (Fsp3) is 0.208. The van der Waals surface area contributed by atoms with Crippen LogP contribution in [0, 0.1) is 0 Å². The molecule has 0 fully saturated rings. The standard InChI is InChI=1S/C24H23N3O5/c1-30-20-9-8-18(21(31-2)22(20)32-3)23(28)26-17-7-6-15-10-12-27(19(15)13-17)24(29)16-5-4-11-25-14-16/h4-9,11,13-14H,10,12H2,1-3H3,(H,26,28). The summed E-state index contributed by atoms with van der Waals surface area (Å²) in [5.41, 5.74) is 3.20. The van der Waals surface area contributed by atoms with Crippen LogP contribution in [0.25, 0.3) is 0 Å². The molecule has 164 valence electrons. The SMILES string of the molecule is COc1ccc(C(=O)Nc2ccc3c(c2)N(C(=O)c2cccnc2)CC3)c(OC)c1OC. The van der Waals surface area contributed by atoms with Crippen LogP contribution < -0.4 is 24.4 Å². The van der Waals surface area contributed by atoms with Gasteiger partial charge in [0, 0.05) is 30.3 Å². The number of methoxy groups -OCH3 is 3. The Hall–Kier alpha value is -4.07. The van der Waals surface area contributed by atoms with Crippen LogP contribution in [0.15, 0.2) is 54.9 Å². The molecule has 0 atom stereocenters. The van der Waals surface area contributed by atoms with Gasteiger partial charge >= 0.3 is 0 Å². The van der Waals surface area contributed by atoms with Crippen molar-refractivity contribution in [3.63, 3.8) is 0 Å². The first-order valence-corrected chi connectivity index (χ1v) is 10.0. The van der Waals surface area contributed by atoms with E-state index in [1.807, 2.05) is 18.2 Å². The summed E-state index contributed by atoms with van der Waals surface area (Å²) in [6.07, 6.45) is 3.93. The van der Waals surface area contributed by atoms with E-state index in [-0.39, 0.29) is 17.6 Å². The maximum absolute atomic E-state index is 13.0. The highest BCUT2D eigenvalue weighted by atomic mass is 16.5. The van der Waals surface area contributed by atoms with Crippen molar-refractivity contribution in [2.75, 3.05) is 38.1 Å². The molecule has 1 aliphatic rings. The minimum absolute atomic E-state index is 0.123. The molecule has 1 aliphatic heterocycles. The molecule has 3 aromatic rings. The maximum Gasteiger partial charge on any atom is 0.259 e. The van der Waals surface area contributed by atoms with Crippen molar-refractivity contribution in [2.24, 2.45) is 0 Å². The molecule has 0 saturated heterocycles. The van der Waals surface area contributed by atoms with E-state index in [1.165, 1.54) is 21.3 Å². The van der Waals surface area contributed by atoms with Crippen LogP contribution in [0.1, 0.15) is 26.3 Å². The van der Waals surface area contributed by atoms with Crippen LogP contribution in [0.5, 0.6) is 17.2 Å². The Labute approximate surface area is 185 Å². The Kier molecular flexibility index (Phi) is 5.93. The highest BCUT2D eigenvalue weighted by Gasteiger charge is 2.27. The fourth-order valence-electron chi connectivity index (χ4n) is 3.79. The van der Waals surface area contributed by atoms with Crippen LogP contribution in [0.3, 0.4) is 0 Å². The second-order valence-electron chi connectivity index (χ2n) is 7.13. The molecule has 8 nitrogen and oxygen atoms in total. The molecule has 0 spiro atoms. The van der Waals surface area contributed by atoms with Crippen molar-refractivity contribution in [3.05, 3.63) is 71.5 Å². The van der Waals surface area contributed by atoms with Gasteiger partial charge in [0.05, 0.1) is 32.5 Å². The summed E-state index contributed by atoms with van der Waals surface area (Å²) in [6, 6.07) is 12.3. The molecule has 1 N–H and O–H groups in total. The molecule has 0 aliphatic carbocycles. The van der Waals surface area contributed by atoms with Crippen molar-refractivity contribution >= 4 is 23.2 Å². The third kappa shape index (κ3) is 3.82. The summed E-state index contributed by atoms with van der Waals surface area (Å²) < 4.78 is 16.1. The molecule has 0 radical (unpaired) electrons. The van der Waals surface area contributed by atoms with Gasteiger partial charge in [-0.1, -0.05) is 6.07 Å². The lowest BCUT2D eigenvalue weighted by Gasteiger charge is -2.18. The van der Waals surface area contributed by atoms with Gasteiger partial charge in [-0.15, -0.1) is 0 Å². The highest BCUT2D eigenvalue weighted by molar-refractivity contribution is 6.09. The Morgan fingerprint density at radius 3 is 2.50 bits per heavy atom. The molecule has 4 rings (SSSR count). The number of amides is 2. The molecule has 0 bridgehead atoms. The number of carbonyl (C=O) groups excluding carboxylic acids is 2. The van der Waals surface area contributed by atoms with Crippen LogP contribution in [-0.2, 0) is 6.42 Å². The lowest BCUT2D eigenvalue weighted by atomic mass is 10.1. The normalized spacial score (nSPS) is 12.2. The zero-order valence-corrected chi connectivity index (χ0v) is 18.0. The molecule has 2 amide bonds. The summed E-state index contributed by atoms with van der Waals surface area (Å²) in [6.45, 7) is 0.573. The van der Waals surface area contributed by atoms with Gasteiger partial charge in [-0.3, -0.25) is 14.6 Å². The lowest BCUT2D eigenvalue weighted by Crippen LogP contribution is -2.29. The van der Waals surface area contributed by atoms with E-state index in [9.17, 15) is 9.59 Å². The summed E-state index contributed by atoms with van der Waals surface area (Å²) in [5, 5.41) is 2.89. The zero-order valence-electron chi connectivity index (χ0n) is 18.0. The van der Waals surface area contributed by atoms with Crippen LogP contribution in [0.2, 0.25) is 0 Å². The van der Waals surface area contributed by atoms with Crippen molar-refractivity contribution in [3.8, 4) is 17.2 Å². The molecule has 1 aromatic heterocycles. The topological polar surface area (TPSA) is 90.0 Å². The minimum Gasteiger partial charge on any atom is -0.493 e. The van der Waals surface area contributed by atoms with Crippen LogP contribution >= 0.6 is 0 Å². The smallest absolute Gasteiger partial charge is 0.259 e. The number of benzene rings is 2. The molecule has 32 heavy (non-hydrogen) atoms. The third-order valence-electron chi connectivity index (χ3n) is 5.34. The number of pyridine rings is 1. The zero-order chi connectivity index (χ0) is 22.7. The first-order valence-electron chi connectivity index (χ1n) is 10.0. The minimum atomic E-state index is -0.370. The molecule has 0 saturated carbocycles. The predicted octanol–water partition coefficient (Wildman–Crippen LogP) is 3.56. The molecule has 8 heteroatoms. The maximum atomic E-state index is 13.0. The van der Waals surface area contributed by atoms with Crippen molar-refractivity contribution in [1.29, 1.82) is 0 Å². The number of carbonyl (C=O) groups is 2. The monoisotopic (exact) mass is 433 g/mol. The Bertz CT molecular complexity index is 1160. The van der Waals surface area contributed by atoms with E-state index in [0.29, 0.717) is 34.9 Å². The third-order valence-corrected chi connectivity index (χ3v) is 5.34. The Morgan fingerprint density at radius 1 is 1.00 bits per heavy atom. The van der Waals surface area contributed by atoms with Gasteiger partial charge in [-0.05, 0) is 48.4 Å². The second-order valence-corrected chi connectivity index (χ2v) is 7.13. The summed E-state index contributed by atoms with van der Waals surface area (Å²) in [4.78, 5) is 31.7. The van der Waals surface area contributed by atoms with Crippen LogP contribution in [-0.4, -0.2) is 44.7 Å². The first kappa shape index (κ1) is 21.2. The van der Waals surface area contributed by atoms with Gasteiger partial charge in [0.25, 0.3) is 11.8 Å². The Morgan fingerprint density at radius 2 is 1.81 bits per heavy atom. The number of anilines is 2. The molecular formula is C24H23N3O5. The highest BCUT2D eigenvalue weighted by Crippen LogP contribution is 2.40. The van der Waals surface area contributed by atoms with Crippen molar-refractivity contribution in [1.82, 2.24) is 4.98 Å². The van der Waals surface area contributed by atoms with E-state index in [1.54, 1.807) is 41.6 Å². The largest absolute Gasteiger partial charge is 0.493 e. The number of ether oxygens (including phenoxy) is 3. The van der Waals surface area contributed by atoms with Gasteiger partial charge in [0.2, 0.25) is 5.75 Å². The van der Waals surface area contributed by atoms with E-state index >= 15 is 0 Å². The number of hydrogen-bond donors (Lipinski definition) is 1.